The van der Waals surface area contributed by atoms with Gasteiger partial charge >= 0.3 is 0 Å². The molecular weight excluding hydrogens is 312 g/mol. The molecule has 0 spiro atoms. The molecule has 7 heteroatoms. The molecule has 0 aromatic carbocycles. The summed E-state index contributed by atoms with van der Waals surface area (Å²) in [6, 6.07) is 1.72. The minimum atomic E-state index is -0.188. The van der Waals surface area contributed by atoms with Crippen LogP contribution in [0.25, 0.3) is 0 Å². The molecule has 6 nitrogen and oxygen atoms in total. The monoisotopic (exact) mass is 328 g/mol. The van der Waals surface area contributed by atoms with E-state index in [-0.39, 0.29) is 6.04 Å². The van der Waals surface area contributed by atoms with E-state index in [2.05, 4.69) is 26.5 Å². The number of rotatable bonds is 6. The van der Waals surface area contributed by atoms with Gasteiger partial charge in [0.2, 0.25) is 0 Å². The fourth-order valence-corrected chi connectivity index (χ4v) is 2.55. The van der Waals surface area contributed by atoms with Gasteiger partial charge in [-0.2, -0.15) is 5.10 Å². The maximum atomic E-state index is 5.71. The standard InChI is InChI=1S/C12H17BrN4O2/c1-8-9(3-5-19-8)11(16-14)12-10(13)7-15-17(12)4-6-18-2/h3,5,7,11,16H,4,6,14H2,1-2H3. The SMILES string of the molecule is COCCn1ncc(Br)c1C(NN)c1ccoc1C. The Balaban J connectivity index is 2.38. The number of methoxy groups -OCH3 is 1. The molecule has 0 fully saturated rings. The number of aromatic nitrogens is 2. The van der Waals surface area contributed by atoms with Gasteiger partial charge in [-0.05, 0) is 28.9 Å². The summed E-state index contributed by atoms with van der Waals surface area (Å²) < 4.78 is 13.2. The van der Waals surface area contributed by atoms with Gasteiger partial charge in [-0.3, -0.25) is 10.5 Å². The fraction of sp³-hybridized carbons (Fsp3) is 0.417. The van der Waals surface area contributed by atoms with Crippen molar-refractivity contribution in [1.29, 1.82) is 0 Å². The van der Waals surface area contributed by atoms with Crippen LogP contribution in [0, 0.1) is 6.92 Å². The molecule has 0 bridgehead atoms. The van der Waals surface area contributed by atoms with Gasteiger partial charge in [-0.1, -0.05) is 0 Å². The summed E-state index contributed by atoms with van der Waals surface area (Å²) in [6.07, 6.45) is 3.41. The Morgan fingerprint density at radius 3 is 3.00 bits per heavy atom. The molecule has 2 rings (SSSR count). The van der Waals surface area contributed by atoms with Crippen LogP contribution >= 0.6 is 15.9 Å². The molecule has 2 aromatic heterocycles. The fourth-order valence-electron chi connectivity index (χ4n) is 2.03. The van der Waals surface area contributed by atoms with Crippen LogP contribution in [0.4, 0.5) is 0 Å². The minimum Gasteiger partial charge on any atom is -0.469 e. The lowest BCUT2D eigenvalue weighted by Crippen LogP contribution is -2.31. The van der Waals surface area contributed by atoms with Crippen LogP contribution in [-0.2, 0) is 11.3 Å². The van der Waals surface area contributed by atoms with Crippen molar-refractivity contribution in [2.24, 2.45) is 5.84 Å². The zero-order chi connectivity index (χ0) is 13.8. The lowest BCUT2D eigenvalue weighted by atomic mass is 10.1. The Morgan fingerprint density at radius 2 is 2.42 bits per heavy atom. The third kappa shape index (κ3) is 2.89. The summed E-state index contributed by atoms with van der Waals surface area (Å²) in [6.45, 7) is 3.15. The number of aryl methyl sites for hydroxylation is 1. The molecule has 0 aliphatic carbocycles. The van der Waals surface area contributed by atoms with Gasteiger partial charge in [-0.25, -0.2) is 5.43 Å². The van der Waals surface area contributed by atoms with Gasteiger partial charge in [0, 0.05) is 12.7 Å². The Hall–Kier alpha value is -1.15. The lowest BCUT2D eigenvalue weighted by molar-refractivity contribution is 0.182. The number of nitrogens with one attached hydrogen (secondary N) is 1. The van der Waals surface area contributed by atoms with E-state index < -0.39 is 0 Å². The van der Waals surface area contributed by atoms with Crippen molar-refractivity contribution < 1.29 is 9.15 Å². The molecule has 1 atom stereocenters. The highest BCUT2D eigenvalue weighted by molar-refractivity contribution is 9.10. The largest absolute Gasteiger partial charge is 0.469 e. The third-order valence-electron chi connectivity index (χ3n) is 2.99. The maximum Gasteiger partial charge on any atom is 0.105 e. The molecular formula is C12H17BrN4O2. The molecule has 104 valence electrons. The zero-order valence-electron chi connectivity index (χ0n) is 10.9. The van der Waals surface area contributed by atoms with E-state index in [0.29, 0.717) is 13.2 Å². The van der Waals surface area contributed by atoms with Gasteiger partial charge in [0.05, 0.1) is 41.8 Å². The van der Waals surface area contributed by atoms with Crippen LogP contribution in [0.15, 0.2) is 27.4 Å². The highest BCUT2D eigenvalue weighted by atomic mass is 79.9. The third-order valence-corrected chi connectivity index (χ3v) is 3.60. The quantitative estimate of drug-likeness (QED) is 0.624. The van der Waals surface area contributed by atoms with Crippen LogP contribution in [0.2, 0.25) is 0 Å². The number of halogens is 1. The first-order valence-corrected chi connectivity index (χ1v) is 6.68. The number of nitrogens with zero attached hydrogens (tertiary/aromatic N) is 2. The van der Waals surface area contributed by atoms with Crippen molar-refractivity contribution in [2.45, 2.75) is 19.5 Å². The van der Waals surface area contributed by atoms with E-state index >= 15 is 0 Å². The Labute approximate surface area is 120 Å². The number of ether oxygens (including phenoxy) is 1. The van der Waals surface area contributed by atoms with Crippen molar-refractivity contribution in [3.8, 4) is 0 Å². The molecule has 2 heterocycles. The molecule has 0 radical (unpaired) electrons. The molecule has 0 aliphatic heterocycles. The van der Waals surface area contributed by atoms with Crippen molar-refractivity contribution >= 4 is 15.9 Å². The summed E-state index contributed by atoms with van der Waals surface area (Å²) in [5.74, 6) is 6.53. The molecule has 0 saturated carbocycles. The zero-order valence-corrected chi connectivity index (χ0v) is 12.5. The summed E-state index contributed by atoms with van der Waals surface area (Å²) in [5.41, 5.74) is 4.75. The van der Waals surface area contributed by atoms with Gasteiger partial charge in [0.1, 0.15) is 5.76 Å². The van der Waals surface area contributed by atoms with Gasteiger partial charge in [0.25, 0.3) is 0 Å². The molecule has 3 N–H and O–H groups in total. The topological polar surface area (TPSA) is 78.2 Å². The van der Waals surface area contributed by atoms with E-state index in [9.17, 15) is 0 Å². The predicted octanol–water partition coefficient (Wildman–Crippen LogP) is 1.75. The van der Waals surface area contributed by atoms with E-state index in [1.165, 1.54) is 0 Å². The number of hydrogen-bond donors (Lipinski definition) is 2. The van der Waals surface area contributed by atoms with Crippen LogP contribution in [-0.4, -0.2) is 23.5 Å². The highest BCUT2D eigenvalue weighted by Crippen LogP contribution is 2.30. The lowest BCUT2D eigenvalue weighted by Gasteiger charge is -2.18. The predicted molar refractivity (Wildman–Crippen MR) is 74.4 cm³/mol. The Bertz CT molecular complexity index is 538. The second kappa shape index (κ2) is 6.33. The van der Waals surface area contributed by atoms with E-state index in [4.69, 9.17) is 15.0 Å². The number of furan rings is 1. The van der Waals surface area contributed by atoms with E-state index in [1.54, 1.807) is 19.6 Å². The second-order valence-electron chi connectivity index (χ2n) is 4.13. The first-order valence-electron chi connectivity index (χ1n) is 5.89. The molecule has 0 saturated heterocycles. The summed E-state index contributed by atoms with van der Waals surface area (Å²) in [7, 11) is 1.66. The summed E-state index contributed by atoms with van der Waals surface area (Å²) in [4.78, 5) is 0. The first-order chi connectivity index (χ1) is 9.19. The van der Waals surface area contributed by atoms with Crippen LogP contribution in [0.1, 0.15) is 23.1 Å². The van der Waals surface area contributed by atoms with Gasteiger partial charge in [0.15, 0.2) is 0 Å². The average molecular weight is 329 g/mol. The minimum absolute atomic E-state index is 0.188. The smallest absolute Gasteiger partial charge is 0.105 e. The van der Waals surface area contributed by atoms with Gasteiger partial charge in [-0.15, -0.1) is 0 Å². The molecule has 0 aliphatic rings. The molecule has 19 heavy (non-hydrogen) atoms. The van der Waals surface area contributed by atoms with Crippen LogP contribution in [0.3, 0.4) is 0 Å². The van der Waals surface area contributed by atoms with Crippen molar-refractivity contribution in [3.63, 3.8) is 0 Å². The van der Waals surface area contributed by atoms with Crippen molar-refractivity contribution in [2.75, 3.05) is 13.7 Å². The number of hydrogen-bond acceptors (Lipinski definition) is 5. The van der Waals surface area contributed by atoms with Crippen molar-refractivity contribution in [3.05, 3.63) is 40.0 Å². The Morgan fingerprint density at radius 1 is 1.63 bits per heavy atom. The van der Waals surface area contributed by atoms with Gasteiger partial charge < -0.3 is 9.15 Å². The molecule has 2 aromatic rings. The number of hydrazine groups is 1. The summed E-state index contributed by atoms with van der Waals surface area (Å²) in [5, 5.41) is 4.33. The number of nitrogens with two attached hydrogens (primary N) is 1. The highest BCUT2D eigenvalue weighted by Gasteiger charge is 2.23. The maximum absolute atomic E-state index is 5.71. The van der Waals surface area contributed by atoms with Crippen molar-refractivity contribution in [1.82, 2.24) is 15.2 Å². The van der Waals surface area contributed by atoms with Crippen LogP contribution in [0.5, 0.6) is 0 Å². The average Bonchev–Trinajstić information content (AvgIpc) is 2.97. The molecule has 0 amide bonds. The van der Waals surface area contributed by atoms with E-state index in [1.807, 2.05) is 17.7 Å². The second-order valence-corrected chi connectivity index (χ2v) is 4.98. The Kier molecular flexibility index (Phi) is 4.76. The van der Waals surface area contributed by atoms with E-state index in [0.717, 1.165) is 21.5 Å². The first kappa shape index (κ1) is 14.3. The summed E-state index contributed by atoms with van der Waals surface area (Å²) >= 11 is 3.51. The normalized spacial score (nSPS) is 12.8. The van der Waals surface area contributed by atoms with Crippen LogP contribution < -0.4 is 11.3 Å². The molecule has 1 unspecified atom stereocenters.